The number of carbonyl (C=O) groups excluding carboxylic acids is 2. The number of anilines is 2. The molecule has 0 fully saturated rings. The van der Waals surface area contributed by atoms with Gasteiger partial charge < -0.3 is 32.7 Å². The predicted octanol–water partition coefficient (Wildman–Crippen LogP) is 2.56. The van der Waals surface area contributed by atoms with Crippen molar-refractivity contribution >= 4 is 40.7 Å². The molecule has 0 aromatic heterocycles. The number of nitrogens with two attached hydrogens (primary N) is 3. The van der Waals surface area contributed by atoms with E-state index >= 15 is 0 Å². The zero-order valence-electron chi connectivity index (χ0n) is 20.1. The number of benzene rings is 3. The summed E-state index contributed by atoms with van der Waals surface area (Å²) in [6.07, 6.45) is 2.04. The van der Waals surface area contributed by atoms with Gasteiger partial charge in [0.05, 0.1) is 6.54 Å². The largest absolute Gasteiger partial charge is 0.370 e. The molecular weight excluding hydrogens is 468 g/mol. The van der Waals surface area contributed by atoms with Crippen molar-refractivity contribution in [3.05, 3.63) is 101 Å². The molecule has 4 rings (SSSR count). The van der Waals surface area contributed by atoms with Gasteiger partial charge >= 0.3 is 0 Å². The van der Waals surface area contributed by atoms with Crippen molar-refractivity contribution in [2.75, 3.05) is 23.7 Å². The molecule has 0 saturated carbocycles. The second-order valence-corrected chi connectivity index (χ2v) is 8.50. The third-order valence-corrected chi connectivity index (χ3v) is 5.84. The van der Waals surface area contributed by atoms with Crippen LogP contribution in [0.15, 0.2) is 83.9 Å². The number of guanidine groups is 2. The third-order valence-electron chi connectivity index (χ3n) is 5.84. The molecule has 0 aliphatic carbocycles. The fraction of sp³-hybridized carbons (Fsp3) is 0.111. The fourth-order valence-corrected chi connectivity index (χ4v) is 3.77. The number of carbonyl (C=O) groups is 2. The molecule has 0 radical (unpaired) electrons. The monoisotopic (exact) mass is 496 g/mol. The van der Waals surface area contributed by atoms with Crippen LogP contribution in [0.5, 0.6) is 0 Å². The zero-order chi connectivity index (χ0) is 26.4. The Balaban J connectivity index is 1.32. The average Bonchev–Trinajstić information content (AvgIpc) is 3.40. The number of amides is 2. The summed E-state index contributed by atoms with van der Waals surface area (Å²) in [5.41, 5.74) is 21.4. The lowest BCUT2D eigenvalue weighted by Gasteiger charge is -2.15. The van der Waals surface area contributed by atoms with Gasteiger partial charge in [0, 0.05) is 35.6 Å². The van der Waals surface area contributed by atoms with E-state index in [0.29, 0.717) is 42.1 Å². The van der Waals surface area contributed by atoms with Gasteiger partial charge in [0.25, 0.3) is 11.8 Å². The number of nitrogens with one attached hydrogen (secondary N) is 3. The molecule has 0 spiro atoms. The van der Waals surface area contributed by atoms with Gasteiger partial charge in [0.2, 0.25) is 0 Å². The van der Waals surface area contributed by atoms with E-state index < -0.39 is 0 Å². The van der Waals surface area contributed by atoms with Gasteiger partial charge in [-0.1, -0.05) is 30.3 Å². The van der Waals surface area contributed by atoms with Crippen LogP contribution in [0.4, 0.5) is 11.4 Å². The highest BCUT2D eigenvalue weighted by Crippen LogP contribution is 2.23. The van der Waals surface area contributed by atoms with E-state index in [9.17, 15) is 9.59 Å². The highest BCUT2D eigenvalue weighted by molar-refractivity contribution is 6.07. The summed E-state index contributed by atoms with van der Waals surface area (Å²) in [6, 6.07) is 21.1. The number of aliphatic imine (C=N–C) groups is 1. The van der Waals surface area contributed by atoms with Crippen molar-refractivity contribution in [1.29, 1.82) is 5.41 Å². The lowest BCUT2D eigenvalue weighted by atomic mass is 10.1. The molecule has 3 aromatic carbocycles. The van der Waals surface area contributed by atoms with E-state index in [2.05, 4.69) is 15.6 Å². The smallest absolute Gasteiger partial charge is 0.255 e. The Morgan fingerprint density at radius 1 is 0.811 bits per heavy atom. The van der Waals surface area contributed by atoms with Gasteiger partial charge in [-0.05, 0) is 65.2 Å². The van der Waals surface area contributed by atoms with Crippen LogP contribution in [0.25, 0.3) is 5.57 Å². The first-order valence-corrected chi connectivity index (χ1v) is 11.5. The van der Waals surface area contributed by atoms with Crippen LogP contribution in [-0.2, 0) is 6.54 Å². The molecular formula is C27H28N8O2. The van der Waals surface area contributed by atoms with E-state index in [1.54, 1.807) is 41.3 Å². The molecule has 9 N–H and O–H groups in total. The summed E-state index contributed by atoms with van der Waals surface area (Å²) in [6.45, 7) is 1.57. The van der Waals surface area contributed by atoms with E-state index in [1.807, 2.05) is 42.5 Å². The zero-order valence-corrected chi connectivity index (χ0v) is 20.1. The first kappa shape index (κ1) is 25.0. The van der Waals surface area contributed by atoms with Crippen LogP contribution < -0.4 is 27.8 Å². The van der Waals surface area contributed by atoms with Crippen LogP contribution in [0, 0.1) is 5.41 Å². The third kappa shape index (κ3) is 6.51. The summed E-state index contributed by atoms with van der Waals surface area (Å²) in [7, 11) is 0. The summed E-state index contributed by atoms with van der Waals surface area (Å²) in [4.78, 5) is 31.0. The van der Waals surface area contributed by atoms with Gasteiger partial charge in [0.1, 0.15) is 0 Å². The van der Waals surface area contributed by atoms with Crippen molar-refractivity contribution in [2.45, 2.75) is 6.54 Å². The maximum Gasteiger partial charge on any atom is 0.255 e. The van der Waals surface area contributed by atoms with Gasteiger partial charge in [-0.2, -0.15) is 0 Å². The first-order chi connectivity index (χ1) is 17.8. The second kappa shape index (κ2) is 11.1. The van der Waals surface area contributed by atoms with Gasteiger partial charge in [-0.25, -0.2) is 4.99 Å². The van der Waals surface area contributed by atoms with E-state index in [4.69, 9.17) is 22.6 Å². The standard InChI is InChI=1S/C27H28N8O2/c28-26(29)32-15-17-1-9-22(10-2-17)33-24(36)19-3-5-20(6-4-19)25(37)34-23-11-7-18(8-12-23)21-13-14-35(16-21)27(30)31/h1-13H,14-16H2,(H3,30,31)(H,33,36)(H,34,37)(H4,28,29,32). The lowest BCUT2D eigenvalue weighted by Crippen LogP contribution is -2.34. The molecule has 188 valence electrons. The fourth-order valence-electron chi connectivity index (χ4n) is 3.77. The molecule has 1 aliphatic rings. The topological polar surface area (TPSA) is 176 Å². The van der Waals surface area contributed by atoms with Gasteiger partial charge in [0.15, 0.2) is 11.9 Å². The minimum absolute atomic E-state index is 0.0212. The van der Waals surface area contributed by atoms with E-state index in [-0.39, 0.29) is 23.7 Å². The molecule has 0 atom stereocenters. The maximum atomic E-state index is 12.7. The Hall–Kier alpha value is -5.12. The molecule has 1 heterocycles. The molecule has 2 amide bonds. The van der Waals surface area contributed by atoms with Crippen molar-refractivity contribution in [3.8, 4) is 0 Å². The highest BCUT2D eigenvalue weighted by Gasteiger charge is 2.16. The minimum atomic E-state index is -0.288. The second-order valence-electron chi connectivity index (χ2n) is 8.50. The van der Waals surface area contributed by atoms with Crippen LogP contribution >= 0.6 is 0 Å². The molecule has 0 unspecified atom stereocenters. The summed E-state index contributed by atoms with van der Waals surface area (Å²) in [5, 5.41) is 13.2. The Labute approximate surface area is 214 Å². The lowest BCUT2D eigenvalue weighted by molar-refractivity contribution is 0.101. The average molecular weight is 497 g/mol. The summed E-state index contributed by atoms with van der Waals surface area (Å²) < 4.78 is 0. The van der Waals surface area contributed by atoms with Gasteiger partial charge in [-0.3, -0.25) is 15.0 Å². The van der Waals surface area contributed by atoms with Crippen LogP contribution in [-0.4, -0.2) is 41.7 Å². The number of rotatable bonds is 7. The van der Waals surface area contributed by atoms with Crippen molar-refractivity contribution in [1.82, 2.24) is 4.90 Å². The molecule has 0 saturated heterocycles. The molecule has 3 aromatic rings. The Morgan fingerprint density at radius 3 is 1.78 bits per heavy atom. The Morgan fingerprint density at radius 2 is 1.32 bits per heavy atom. The first-order valence-electron chi connectivity index (χ1n) is 11.5. The quantitative estimate of drug-likeness (QED) is 0.216. The number of nitrogens with zero attached hydrogens (tertiary/aromatic N) is 2. The van der Waals surface area contributed by atoms with Crippen LogP contribution in [0.3, 0.4) is 0 Å². The van der Waals surface area contributed by atoms with E-state index in [0.717, 1.165) is 16.7 Å². The number of hydrogen-bond donors (Lipinski definition) is 6. The number of hydrogen-bond acceptors (Lipinski definition) is 4. The van der Waals surface area contributed by atoms with Crippen LogP contribution in [0.1, 0.15) is 31.8 Å². The minimum Gasteiger partial charge on any atom is -0.370 e. The van der Waals surface area contributed by atoms with Crippen molar-refractivity contribution in [2.24, 2.45) is 22.2 Å². The maximum absolute atomic E-state index is 12.7. The molecule has 1 aliphatic heterocycles. The Bertz CT molecular complexity index is 1360. The Kier molecular flexibility index (Phi) is 7.48. The molecule has 10 heteroatoms. The highest BCUT2D eigenvalue weighted by atomic mass is 16.2. The SMILES string of the molecule is N=C(N)N1CC=C(c2ccc(NC(=O)c3ccc(C(=O)Nc4ccc(CN=C(N)N)cc4)cc3)cc2)C1. The molecule has 0 bridgehead atoms. The normalized spacial score (nSPS) is 12.4. The summed E-state index contributed by atoms with van der Waals surface area (Å²) in [5.74, 6) is -0.496. The van der Waals surface area contributed by atoms with E-state index in [1.165, 1.54) is 0 Å². The van der Waals surface area contributed by atoms with Crippen molar-refractivity contribution < 1.29 is 9.59 Å². The molecule has 37 heavy (non-hydrogen) atoms. The summed E-state index contributed by atoms with van der Waals surface area (Å²) >= 11 is 0. The van der Waals surface area contributed by atoms with Gasteiger partial charge in [-0.15, -0.1) is 0 Å². The van der Waals surface area contributed by atoms with Crippen LogP contribution in [0.2, 0.25) is 0 Å². The predicted molar refractivity (Wildman–Crippen MR) is 146 cm³/mol. The van der Waals surface area contributed by atoms with Crippen molar-refractivity contribution in [3.63, 3.8) is 0 Å². The molecule has 10 nitrogen and oxygen atoms in total.